The van der Waals surface area contributed by atoms with Gasteiger partial charge < -0.3 is 14.5 Å². The molecule has 3 aromatic carbocycles. The fourth-order valence-electron chi connectivity index (χ4n) is 3.80. The molecule has 1 N–H and O–H groups in total. The lowest BCUT2D eigenvalue weighted by Gasteiger charge is -2.11. The molecule has 0 aliphatic rings. The monoisotopic (exact) mass is 510 g/mol. The van der Waals surface area contributed by atoms with Crippen molar-refractivity contribution < 1.29 is 13.9 Å². The molecule has 0 radical (unpaired) electrons. The van der Waals surface area contributed by atoms with Gasteiger partial charge in [-0.05, 0) is 61.0 Å². The molecular weight excluding hydrogens is 484 g/mol. The van der Waals surface area contributed by atoms with Crippen LogP contribution in [0.25, 0.3) is 17.1 Å². The molecule has 7 nitrogen and oxygen atoms in total. The first-order chi connectivity index (χ1) is 18.1. The zero-order chi connectivity index (χ0) is 25.6. The van der Waals surface area contributed by atoms with Gasteiger partial charge in [0.15, 0.2) is 11.0 Å². The highest BCUT2D eigenvalue weighted by molar-refractivity contribution is 7.98. The number of carbonyl (C=O) groups excluding carboxylic acids is 1. The number of nitrogens with one attached hydrogen (secondary N) is 1. The third kappa shape index (κ3) is 5.76. The molecule has 0 unspecified atom stereocenters. The molecular formula is C29H26N4O3S. The topological polar surface area (TPSA) is 82.2 Å². The molecule has 0 atom stereocenters. The van der Waals surface area contributed by atoms with Gasteiger partial charge in [0.2, 0.25) is 0 Å². The highest BCUT2D eigenvalue weighted by Gasteiger charge is 2.17. The second-order valence-electron chi connectivity index (χ2n) is 8.45. The van der Waals surface area contributed by atoms with Crippen LogP contribution in [0.5, 0.6) is 5.75 Å². The number of thioether (sulfide) groups is 1. The average Bonchev–Trinajstić information content (AvgIpc) is 3.62. The first-order valence-electron chi connectivity index (χ1n) is 11.8. The van der Waals surface area contributed by atoms with Crippen LogP contribution in [0, 0.1) is 6.92 Å². The maximum atomic E-state index is 12.4. The molecule has 0 fully saturated rings. The number of aromatic nitrogens is 3. The second-order valence-corrected chi connectivity index (χ2v) is 9.40. The molecule has 0 saturated carbocycles. The number of nitrogens with zero attached hydrogens (tertiary/aromatic N) is 3. The molecule has 1 amide bonds. The van der Waals surface area contributed by atoms with Gasteiger partial charge in [0, 0.05) is 22.6 Å². The first kappa shape index (κ1) is 24.4. The second kappa shape index (κ2) is 11.2. The molecule has 0 aliphatic heterocycles. The molecule has 0 spiro atoms. The number of carbonyl (C=O) groups is 1. The summed E-state index contributed by atoms with van der Waals surface area (Å²) in [4.78, 5) is 12.4. The Morgan fingerprint density at radius 2 is 1.73 bits per heavy atom. The number of hydrogen-bond donors (Lipinski definition) is 1. The van der Waals surface area contributed by atoms with Crippen LogP contribution in [0.2, 0.25) is 0 Å². The fraction of sp³-hybridized carbons (Fsp3) is 0.138. The van der Waals surface area contributed by atoms with E-state index in [1.807, 2.05) is 54.6 Å². The number of aryl methyl sites for hydroxylation is 1. The molecule has 186 valence electrons. The zero-order valence-electron chi connectivity index (χ0n) is 20.5. The summed E-state index contributed by atoms with van der Waals surface area (Å²) in [5.41, 5.74) is 4.81. The van der Waals surface area contributed by atoms with Crippen LogP contribution >= 0.6 is 11.8 Å². The van der Waals surface area contributed by atoms with Crippen molar-refractivity contribution in [3.05, 3.63) is 114 Å². The molecule has 2 heterocycles. The Hall–Kier alpha value is -4.30. The molecule has 5 aromatic rings. The van der Waals surface area contributed by atoms with E-state index in [4.69, 9.17) is 9.15 Å². The third-order valence-electron chi connectivity index (χ3n) is 5.86. The summed E-state index contributed by atoms with van der Waals surface area (Å²) < 4.78 is 12.7. The number of ether oxygens (including phenoxy) is 1. The Bertz CT molecular complexity index is 1460. The summed E-state index contributed by atoms with van der Waals surface area (Å²) >= 11 is 1.59. The van der Waals surface area contributed by atoms with Crippen LogP contribution in [-0.4, -0.2) is 27.8 Å². The van der Waals surface area contributed by atoms with Crippen molar-refractivity contribution in [1.82, 2.24) is 20.1 Å². The van der Waals surface area contributed by atoms with Gasteiger partial charge >= 0.3 is 0 Å². The van der Waals surface area contributed by atoms with Crippen molar-refractivity contribution in [2.24, 2.45) is 0 Å². The van der Waals surface area contributed by atoms with E-state index in [-0.39, 0.29) is 5.91 Å². The van der Waals surface area contributed by atoms with Crippen LogP contribution in [0.1, 0.15) is 27.2 Å². The number of methoxy groups -OCH3 is 1. The van der Waals surface area contributed by atoms with Gasteiger partial charge in [-0.15, -0.1) is 10.2 Å². The summed E-state index contributed by atoms with van der Waals surface area (Å²) in [6.45, 7) is 2.42. The summed E-state index contributed by atoms with van der Waals surface area (Å²) in [6.07, 6.45) is 1.59. The van der Waals surface area contributed by atoms with E-state index < -0.39 is 0 Å². The largest absolute Gasteiger partial charge is 0.497 e. The Balaban J connectivity index is 1.33. The average molecular weight is 511 g/mol. The molecule has 0 saturated heterocycles. The highest BCUT2D eigenvalue weighted by atomic mass is 32.2. The minimum Gasteiger partial charge on any atom is -0.497 e. The van der Waals surface area contributed by atoms with Gasteiger partial charge in [0.25, 0.3) is 5.91 Å². The lowest BCUT2D eigenvalue weighted by molar-refractivity contribution is 0.0948. The molecule has 0 aliphatic carbocycles. The quantitative estimate of drug-likeness (QED) is 0.243. The molecule has 5 rings (SSSR count). The van der Waals surface area contributed by atoms with Gasteiger partial charge in [0.1, 0.15) is 11.5 Å². The third-order valence-corrected chi connectivity index (χ3v) is 6.86. The Morgan fingerprint density at radius 1 is 0.973 bits per heavy atom. The van der Waals surface area contributed by atoms with Crippen molar-refractivity contribution in [2.45, 2.75) is 24.4 Å². The van der Waals surface area contributed by atoms with E-state index in [1.165, 1.54) is 5.56 Å². The van der Waals surface area contributed by atoms with Crippen molar-refractivity contribution in [3.8, 4) is 22.8 Å². The van der Waals surface area contributed by atoms with Crippen LogP contribution in [0.4, 0.5) is 0 Å². The fourth-order valence-corrected chi connectivity index (χ4v) is 4.71. The van der Waals surface area contributed by atoms with E-state index >= 15 is 0 Å². The number of rotatable bonds is 9. The molecule has 0 bridgehead atoms. The lowest BCUT2D eigenvalue weighted by Crippen LogP contribution is -2.22. The normalized spacial score (nSPS) is 10.9. The van der Waals surface area contributed by atoms with Crippen molar-refractivity contribution in [3.63, 3.8) is 0 Å². The van der Waals surface area contributed by atoms with E-state index in [1.54, 1.807) is 31.2 Å². The van der Waals surface area contributed by atoms with Gasteiger partial charge in [-0.25, -0.2) is 0 Å². The summed E-state index contributed by atoms with van der Waals surface area (Å²) in [5.74, 6) is 2.81. The minimum absolute atomic E-state index is 0.141. The van der Waals surface area contributed by atoms with Gasteiger partial charge in [-0.1, -0.05) is 53.7 Å². The number of benzene rings is 3. The van der Waals surface area contributed by atoms with Crippen LogP contribution < -0.4 is 10.1 Å². The standard InChI is InChI=1S/C29H26N4O3S/c1-20-5-9-22(10-6-20)27-31-32-29(33(27)24-13-15-25(35-2)16-14-24)37-19-21-7-11-23(12-8-21)28(34)30-18-26-4-3-17-36-26/h3-17H,18-19H2,1-2H3,(H,30,34). The first-order valence-corrected chi connectivity index (χ1v) is 12.8. The Kier molecular flexibility index (Phi) is 7.37. The van der Waals surface area contributed by atoms with Crippen molar-refractivity contribution in [2.75, 3.05) is 7.11 Å². The van der Waals surface area contributed by atoms with Crippen LogP contribution in [-0.2, 0) is 12.3 Å². The summed E-state index contributed by atoms with van der Waals surface area (Å²) in [7, 11) is 1.65. The van der Waals surface area contributed by atoms with E-state index in [9.17, 15) is 4.79 Å². The molecule has 8 heteroatoms. The Morgan fingerprint density at radius 3 is 2.41 bits per heavy atom. The predicted octanol–water partition coefficient (Wildman–Crippen LogP) is 6.07. The van der Waals surface area contributed by atoms with E-state index in [2.05, 4.69) is 51.3 Å². The lowest BCUT2D eigenvalue weighted by atomic mass is 10.1. The maximum Gasteiger partial charge on any atom is 0.251 e. The number of hydrogen-bond acceptors (Lipinski definition) is 6. The number of amides is 1. The number of furan rings is 1. The van der Waals surface area contributed by atoms with Crippen molar-refractivity contribution >= 4 is 17.7 Å². The zero-order valence-corrected chi connectivity index (χ0v) is 21.4. The van der Waals surface area contributed by atoms with E-state index in [0.29, 0.717) is 23.6 Å². The molecule has 2 aromatic heterocycles. The highest BCUT2D eigenvalue weighted by Crippen LogP contribution is 2.30. The summed E-state index contributed by atoms with van der Waals surface area (Å²) in [5, 5.41) is 12.7. The van der Waals surface area contributed by atoms with Gasteiger partial charge in [-0.3, -0.25) is 9.36 Å². The van der Waals surface area contributed by atoms with Crippen LogP contribution in [0.3, 0.4) is 0 Å². The SMILES string of the molecule is COc1ccc(-n2c(SCc3ccc(C(=O)NCc4ccco4)cc3)nnc2-c2ccc(C)cc2)cc1. The van der Waals surface area contributed by atoms with Gasteiger partial charge in [-0.2, -0.15) is 0 Å². The van der Waals surface area contributed by atoms with Crippen LogP contribution in [0.15, 0.2) is 101 Å². The smallest absolute Gasteiger partial charge is 0.251 e. The van der Waals surface area contributed by atoms with Gasteiger partial charge in [0.05, 0.1) is 19.9 Å². The Labute approximate surface area is 219 Å². The minimum atomic E-state index is -0.141. The van der Waals surface area contributed by atoms with Crippen molar-refractivity contribution in [1.29, 1.82) is 0 Å². The predicted molar refractivity (Wildman–Crippen MR) is 144 cm³/mol. The maximum absolute atomic E-state index is 12.4. The van der Waals surface area contributed by atoms with E-state index in [0.717, 1.165) is 33.5 Å². The summed E-state index contributed by atoms with van der Waals surface area (Å²) in [6, 6.07) is 27.3. The molecule has 37 heavy (non-hydrogen) atoms.